The van der Waals surface area contributed by atoms with Crippen LogP contribution in [0.5, 0.6) is 0 Å². The molecule has 0 aliphatic heterocycles. The minimum atomic E-state index is -1.37. The number of anilines is 1. The molecule has 2 aromatic carbocycles. The lowest BCUT2D eigenvalue weighted by Gasteiger charge is -2.05. The Bertz CT molecular complexity index is 626. The smallest absolute Gasteiger partial charge is 0.338 e. The molecule has 0 aliphatic carbocycles. The maximum atomic E-state index is 13.3. The summed E-state index contributed by atoms with van der Waals surface area (Å²) >= 11 is 0. The van der Waals surface area contributed by atoms with Crippen molar-refractivity contribution in [3.8, 4) is 11.1 Å². The molecule has 0 saturated carbocycles. The second-order valence-corrected chi connectivity index (χ2v) is 3.74. The van der Waals surface area contributed by atoms with Crippen molar-refractivity contribution < 1.29 is 18.7 Å². The lowest BCUT2D eigenvalue weighted by atomic mass is 10.0. The molecule has 0 heterocycles. The molecule has 0 unspecified atom stereocenters. The maximum absolute atomic E-state index is 13.3. The van der Waals surface area contributed by atoms with E-state index < -0.39 is 23.2 Å². The molecule has 0 aromatic heterocycles. The Morgan fingerprint density at radius 1 is 1.00 bits per heavy atom. The third-order valence-corrected chi connectivity index (χ3v) is 2.53. The van der Waals surface area contributed by atoms with Gasteiger partial charge in [0.25, 0.3) is 0 Å². The molecule has 0 amide bonds. The zero-order valence-corrected chi connectivity index (χ0v) is 9.15. The number of carboxylic acids is 1. The van der Waals surface area contributed by atoms with E-state index in [-0.39, 0.29) is 5.69 Å². The van der Waals surface area contributed by atoms with E-state index in [2.05, 4.69) is 0 Å². The van der Waals surface area contributed by atoms with Crippen LogP contribution in [0.25, 0.3) is 11.1 Å². The van der Waals surface area contributed by atoms with Crippen molar-refractivity contribution >= 4 is 11.7 Å². The molecule has 3 nitrogen and oxygen atoms in total. The van der Waals surface area contributed by atoms with E-state index >= 15 is 0 Å². The molecular formula is C13H9F2NO2. The number of carboxylic acid groups (broad SMARTS) is 1. The Morgan fingerprint density at radius 2 is 1.61 bits per heavy atom. The Kier molecular flexibility index (Phi) is 2.97. The first-order valence-corrected chi connectivity index (χ1v) is 5.07. The summed E-state index contributed by atoms with van der Waals surface area (Å²) in [6.45, 7) is 0. The molecule has 2 aromatic rings. The number of halogens is 2. The third kappa shape index (κ3) is 2.15. The van der Waals surface area contributed by atoms with Gasteiger partial charge in [0.15, 0.2) is 0 Å². The Morgan fingerprint density at radius 3 is 2.22 bits per heavy atom. The van der Waals surface area contributed by atoms with E-state index in [0.717, 1.165) is 12.1 Å². The fourth-order valence-electron chi connectivity index (χ4n) is 1.58. The van der Waals surface area contributed by atoms with Gasteiger partial charge in [0.05, 0.1) is 11.3 Å². The zero-order valence-electron chi connectivity index (χ0n) is 9.15. The Labute approximate surface area is 101 Å². The quantitative estimate of drug-likeness (QED) is 0.804. The number of aromatic carboxylic acids is 1. The van der Waals surface area contributed by atoms with Crippen LogP contribution in [0.1, 0.15) is 10.4 Å². The number of rotatable bonds is 2. The van der Waals surface area contributed by atoms with E-state index in [1.165, 1.54) is 24.3 Å². The van der Waals surface area contributed by atoms with Crippen molar-refractivity contribution in [2.24, 2.45) is 0 Å². The van der Waals surface area contributed by atoms with Gasteiger partial charge >= 0.3 is 5.97 Å². The Balaban J connectivity index is 2.54. The number of hydrogen-bond donors (Lipinski definition) is 2. The van der Waals surface area contributed by atoms with Crippen molar-refractivity contribution in [1.82, 2.24) is 0 Å². The van der Waals surface area contributed by atoms with Crippen LogP contribution in [0.3, 0.4) is 0 Å². The molecular weight excluding hydrogens is 240 g/mol. The largest absolute Gasteiger partial charge is 0.478 e. The van der Waals surface area contributed by atoms with Crippen molar-refractivity contribution in [3.05, 3.63) is 53.6 Å². The van der Waals surface area contributed by atoms with Crippen molar-refractivity contribution in [1.29, 1.82) is 0 Å². The summed E-state index contributed by atoms with van der Waals surface area (Å²) in [5.41, 5.74) is 5.73. The van der Waals surface area contributed by atoms with Gasteiger partial charge in [0, 0.05) is 0 Å². The summed E-state index contributed by atoms with van der Waals surface area (Å²) in [7, 11) is 0. The molecule has 0 saturated heterocycles. The minimum absolute atomic E-state index is 0.000630. The van der Waals surface area contributed by atoms with Gasteiger partial charge in [-0.2, -0.15) is 0 Å². The van der Waals surface area contributed by atoms with Gasteiger partial charge < -0.3 is 10.8 Å². The summed E-state index contributed by atoms with van der Waals surface area (Å²) in [5, 5.41) is 8.80. The van der Waals surface area contributed by atoms with Crippen LogP contribution >= 0.6 is 0 Å². The molecule has 0 atom stereocenters. The topological polar surface area (TPSA) is 63.3 Å². The standard InChI is InChI=1S/C13H9F2NO2/c14-10-3-1-7(5-9(10)13(17)18)8-2-4-12(16)11(15)6-8/h1-6H,16H2,(H,17,18). The van der Waals surface area contributed by atoms with Crippen molar-refractivity contribution in [2.45, 2.75) is 0 Å². The van der Waals surface area contributed by atoms with Gasteiger partial charge in [-0.15, -0.1) is 0 Å². The van der Waals surface area contributed by atoms with Crippen LogP contribution in [0.4, 0.5) is 14.5 Å². The number of benzene rings is 2. The van der Waals surface area contributed by atoms with E-state index in [4.69, 9.17) is 10.8 Å². The second-order valence-electron chi connectivity index (χ2n) is 3.74. The van der Waals surface area contributed by atoms with E-state index in [1.54, 1.807) is 0 Å². The highest BCUT2D eigenvalue weighted by Crippen LogP contribution is 2.25. The number of carbonyl (C=O) groups is 1. The van der Waals surface area contributed by atoms with Crippen LogP contribution < -0.4 is 5.73 Å². The monoisotopic (exact) mass is 249 g/mol. The van der Waals surface area contributed by atoms with Crippen molar-refractivity contribution in [2.75, 3.05) is 5.73 Å². The maximum Gasteiger partial charge on any atom is 0.338 e. The molecule has 0 fully saturated rings. The molecule has 0 radical (unpaired) electrons. The first-order chi connectivity index (χ1) is 8.49. The van der Waals surface area contributed by atoms with E-state index in [1.807, 2.05) is 0 Å². The van der Waals surface area contributed by atoms with Gasteiger partial charge in [0.1, 0.15) is 11.6 Å². The predicted octanol–water partition coefficient (Wildman–Crippen LogP) is 2.91. The zero-order chi connectivity index (χ0) is 13.3. The lowest BCUT2D eigenvalue weighted by molar-refractivity contribution is 0.0692. The van der Waals surface area contributed by atoms with Gasteiger partial charge in [0.2, 0.25) is 0 Å². The molecule has 2 rings (SSSR count). The highest BCUT2D eigenvalue weighted by Gasteiger charge is 2.12. The van der Waals surface area contributed by atoms with Crippen LogP contribution in [-0.2, 0) is 0 Å². The first kappa shape index (κ1) is 12.0. The second kappa shape index (κ2) is 4.44. The molecule has 92 valence electrons. The summed E-state index contributed by atoms with van der Waals surface area (Å²) in [5.74, 6) is -2.80. The summed E-state index contributed by atoms with van der Waals surface area (Å²) in [6.07, 6.45) is 0. The molecule has 5 heteroatoms. The van der Waals surface area contributed by atoms with Crippen LogP contribution in [-0.4, -0.2) is 11.1 Å². The normalized spacial score (nSPS) is 10.3. The van der Waals surface area contributed by atoms with Crippen LogP contribution in [0.2, 0.25) is 0 Å². The van der Waals surface area contributed by atoms with Gasteiger partial charge in [-0.3, -0.25) is 0 Å². The summed E-state index contributed by atoms with van der Waals surface area (Å²) in [6, 6.07) is 7.66. The molecule has 0 spiro atoms. The summed E-state index contributed by atoms with van der Waals surface area (Å²) < 4.78 is 26.5. The predicted molar refractivity (Wildman–Crippen MR) is 63.2 cm³/mol. The minimum Gasteiger partial charge on any atom is -0.478 e. The first-order valence-electron chi connectivity index (χ1n) is 5.07. The Hall–Kier alpha value is -2.43. The van der Waals surface area contributed by atoms with Crippen LogP contribution in [0, 0.1) is 11.6 Å². The number of hydrogen-bond acceptors (Lipinski definition) is 2. The lowest BCUT2D eigenvalue weighted by Crippen LogP contribution is -2.00. The molecule has 0 bridgehead atoms. The highest BCUT2D eigenvalue weighted by molar-refractivity contribution is 5.89. The molecule has 0 aliphatic rings. The average molecular weight is 249 g/mol. The molecule has 3 N–H and O–H groups in total. The number of nitrogens with two attached hydrogens (primary N) is 1. The third-order valence-electron chi connectivity index (χ3n) is 2.53. The van der Waals surface area contributed by atoms with E-state index in [0.29, 0.717) is 11.1 Å². The fourth-order valence-corrected chi connectivity index (χ4v) is 1.58. The van der Waals surface area contributed by atoms with Gasteiger partial charge in [-0.05, 0) is 35.4 Å². The highest BCUT2D eigenvalue weighted by atomic mass is 19.1. The van der Waals surface area contributed by atoms with Gasteiger partial charge in [-0.25, -0.2) is 13.6 Å². The summed E-state index contributed by atoms with van der Waals surface area (Å²) in [4.78, 5) is 10.8. The fraction of sp³-hybridized carbons (Fsp3) is 0. The average Bonchev–Trinajstić information content (AvgIpc) is 2.33. The van der Waals surface area contributed by atoms with E-state index in [9.17, 15) is 13.6 Å². The van der Waals surface area contributed by atoms with Gasteiger partial charge in [-0.1, -0.05) is 12.1 Å². The number of nitrogen functional groups attached to an aromatic ring is 1. The molecule has 18 heavy (non-hydrogen) atoms. The van der Waals surface area contributed by atoms with Crippen molar-refractivity contribution in [3.63, 3.8) is 0 Å². The SMILES string of the molecule is Nc1ccc(-c2ccc(F)c(C(=O)O)c2)cc1F. The van der Waals surface area contributed by atoms with Crippen LogP contribution in [0.15, 0.2) is 36.4 Å².